The zero-order valence-electron chi connectivity index (χ0n) is 17.6. The minimum Gasteiger partial charge on any atom is -0.437 e. The summed E-state index contributed by atoms with van der Waals surface area (Å²) in [6, 6.07) is 0. The molecule has 10 heteroatoms. The third kappa shape index (κ3) is 10.5. The van der Waals surface area contributed by atoms with Gasteiger partial charge in [-0.1, -0.05) is 0 Å². The van der Waals surface area contributed by atoms with Crippen LogP contribution in [0, 0.1) is 0 Å². The lowest BCUT2D eigenvalue weighted by molar-refractivity contribution is 0.290. The first kappa shape index (κ1) is 23.9. The molecule has 0 amide bonds. The van der Waals surface area contributed by atoms with Crippen molar-refractivity contribution < 1.29 is 16.5 Å². The molecule has 0 aliphatic carbocycles. The molecule has 0 fully saturated rings. The molecule has 0 bridgehead atoms. The minimum absolute atomic E-state index is 1.62. The number of rotatable bonds is 9. The van der Waals surface area contributed by atoms with Gasteiger partial charge < -0.3 is 21.0 Å². The second-order valence-corrected chi connectivity index (χ2v) is 28.7. The third-order valence-electron chi connectivity index (χ3n) is 3.11. The highest BCUT2D eigenvalue weighted by Crippen LogP contribution is 2.26. The van der Waals surface area contributed by atoms with Gasteiger partial charge in [-0.3, -0.25) is 0 Å². The smallest absolute Gasteiger partial charge is 0.314 e. The van der Waals surface area contributed by atoms with Crippen molar-refractivity contribution in [2.75, 3.05) is 14.1 Å². The second kappa shape index (κ2) is 7.64. The molecular weight excluding hydrogens is 375 g/mol. The molecule has 0 aliphatic rings. The lowest BCUT2D eigenvalue weighted by atomic mass is 11.3. The van der Waals surface area contributed by atoms with Gasteiger partial charge in [-0.2, -0.15) is 0 Å². The van der Waals surface area contributed by atoms with Crippen molar-refractivity contribution in [3.63, 3.8) is 0 Å². The van der Waals surface area contributed by atoms with Crippen LogP contribution in [0.2, 0.25) is 72.0 Å². The monoisotopic (exact) mass is 413 g/mol. The predicted octanol–water partition coefficient (Wildman–Crippen LogP) is 4.26. The van der Waals surface area contributed by atoms with Crippen molar-refractivity contribution in [3.05, 3.63) is 0 Å². The van der Waals surface area contributed by atoms with Crippen molar-refractivity contribution in [2.24, 2.45) is 0 Å². The molecule has 0 radical (unpaired) electrons. The van der Waals surface area contributed by atoms with E-state index in [0.29, 0.717) is 0 Å². The van der Waals surface area contributed by atoms with Gasteiger partial charge in [-0.25, -0.2) is 0 Å². The molecule has 0 saturated carbocycles. The second-order valence-electron chi connectivity index (χ2n) is 9.06. The fourth-order valence-electron chi connectivity index (χ4n) is 2.68. The number of hydrogen-bond donors (Lipinski definition) is 0. The Bertz CT molecular complexity index is 394. The molecule has 0 heterocycles. The first-order chi connectivity index (χ1) is 9.77. The Labute approximate surface area is 149 Å². The lowest BCUT2D eigenvalue weighted by Crippen LogP contribution is -2.60. The zero-order valence-corrected chi connectivity index (χ0v) is 22.6. The van der Waals surface area contributed by atoms with Gasteiger partial charge in [0.1, 0.15) is 0 Å². The quantitative estimate of drug-likeness (QED) is 0.528. The van der Waals surface area contributed by atoms with Crippen LogP contribution in [0.4, 0.5) is 0 Å². The molecule has 0 aromatic rings. The molecule has 0 aromatic heterocycles. The van der Waals surface area contributed by atoms with Gasteiger partial charge in [0.2, 0.25) is 0 Å². The molecule has 0 saturated heterocycles. The summed E-state index contributed by atoms with van der Waals surface area (Å²) in [5.41, 5.74) is 0. The summed E-state index contributed by atoms with van der Waals surface area (Å²) in [4.78, 5) is 0. The van der Waals surface area contributed by atoms with E-state index in [9.17, 15) is 0 Å². The van der Waals surface area contributed by atoms with Gasteiger partial charge in [0.15, 0.2) is 8.32 Å². The molecule has 140 valence electrons. The summed E-state index contributed by atoms with van der Waals surface area (Å²) in [5, 5.41) is 0. The van der Waals surface area contributed by atoms with Crippen LogP contribution >= 0.6 is 0 Å². The fraction of sp³-hybridized carbons (Fsp3) is 1.00. The van der Waals surface area contributed by atoms with Gasteiger partial charge in [0.05, 0.1) is 0 Å². The molecule has 0 spiro atoms. The van der Waals surface area contributed by atoms with Crippen molar-refractivity contribution >= 4 is 42.5 Å². The van der Waals surface area contributed by atoms with E-state index < -0.39 is 42.5 Å². The molecule has 5 nitrogen and oxygen atoms in total. The average molecular weight is 414 g/mol. The van der Waals surface area contributed by atoms with E-state index >= 15 is 0 Å². The maximum atomic E-state index is 6.47. The highest BCUT2D eigenvalue weighted by Gasteiger charge is 2.45. The number of nitrogens with zero attached hydrogens (tertiary/aromatic N) is 1. The van der Waals surface area contributed by atoms with Crippen molar-refractivity contribution in [3.8, 4) is 0 Å². The Balaban J connectivity index is 4.96. The molecule has 0 aromatic carbocycles. The van der Waals surface area contributed by atoms with Crippen LogP contribution in [-0.4, -0.2) is 61.1 Å². The van der Waals surface area contributed by atoms with Gasteiger partial charge in [0.25, 0.3) is 8.48 Å². The van der Waals surface area contributed by atoms with Crippen LogP contribution in [-0.2, 0) is 16.5 Å². The Morgan fingerprint density at radius 2 is 0.783 bits per heavy atom. The molecule has 0 unspecified atom stereocenters. The van der Waals surface area contributed by atoms with Gasteiger partial charge >= 0.3 is 25.7 Å². The van der Waals surface area contributed by atoms with Gasteiger partial charge in [-0.05, 0) is 86.1 Å². The van der Waals surface area contributed by atoms with E-state index in [1.54, 1.807) is 0 Å². The van der Waals surface area contributed by atoms with E-state index in [4.69, 9.17) is 16.5 Å². The summed E-state index contributed by atoms with van der Waals surface area (Å²) >= 11 is 0. The molecule has 0 atom stereocenters. The Morgan fingerprint density at radius 1 is 0.478 bits per heavy atom. The maximum absolute atomic E-state index is 6.47. The van der Waals surface area contributed by atoms with Crippen LogP contribution < -0.4 is 0 Å². The van der Waals surface area contributed by atoms with Crippen molar-refractivity contribution in [1.82, 2.24) is 4.57 Å². The minimum atomic E-state index is -2.31. The molecular formula is C13H39NO4Si5. The molecule has 0 N–H and O–H groups in total. The lowest BCUT2D eigenvalue weighted by Gasteiger charge is -2.43. The van der Waals surface area contributed by atoms with E-state index in [-0.39, 0.29) is 0 Å². The SMILES string of the molecule is CN(C)[Si](C)(C)O[Si](C)(C)O[Si](C)(C)O[Si](C)(C)O[Si](C)(C)C. The number of hydrogen-bond acceptors (Lipinski definition) is 5. The van der Waals surface area contributed by atoms with Crippen molar-refractivity contribution in [2.45, 2.75) is 72.0 Å². The molecule has 0 aliphatic heterocycles. The molecule has 0 rings (SSSR count). The summed E-state index contributed by atoms with van der Waals surface area (Å²) in [5.74, 6) is 0. The summed E-state index contributed by atoms with van der Waals surface area (Å²) in [6.45, 7) is 23.7. The van der Waals surface area contributed by atoms with Crippen LogP contribution in [0.15, 0.2) is 0 Å². The fourth-order valence-corrected chi connectivity index (χ4v) is 25.2. The standard InChI is InChI=1S/C13H39NO4Si5/c1-14(2)20(6,7)16-22(10,11)18-23(12,13)17-21(8,9)15-19(3,4)5/h1-13H3. The first-order valence-corrected chi connectivity index (χ1v) is 23.0. The summed E-state index contributed by atoms with van der Waals surface area (Å²) in [7, 11) is -6.11. The van der Waals surface area contributed by atoms with E-state index in [1.807, 2.05) is 0 Å². The summed E-state index contributed by atoms with van der Waals surface area (Å²) in [6.07, 6.45) is 0. The largest absolute Gasteiger partial charge is 0.437 e. The maximum Gasteiger partial charge on any atom is 0.314 e. The highest BCUT2D eigenvalue weighted by molar-refractivity contribution is 6.90. The van der Waals surface area contributed by atoms with E-state index in [1.165, 1.54) is 0 Å². The predicted molar refractivity (Wildman–Crippen MR) is 111 cm³/mol. The van der Waals surface area contributed by atoms with E-state index in [0.717, 1.165) is 0 Å². The Morgan fingerprint density at radius 3 is 1.09 bits per heavy atom. The Hall–Kier alpha value is 0.884. The van der Waals surface area contributed by atoms with Gasteiger partial charge in [0, 0.05) is 0 Å². The van der Waals surface area contributed by atoms with Crippen molar-refractivity contribution in [1.29, 1.82) is 0 Å². The van der Waals surface area contributed by atoms with Gasteiger partial charge in [-0.15, -0.1) is 0 Å². The van der Waals surface area contributed by atoms with Crippen LogP contribution in [0.25, 0.3) is 0 Å². The third-order valence-corrected chi connectivity index (χ3v) is 21.5. The normalized spacial score (nSPS) is 15.4. The molecule has 23 heavy (non-hydrogen) atoms. The zero-order chi connectivity index (χ0) is 18.9. The topological polar surface area (TPSA) is 40.2 Å². The highest BCUT2D eigenvalue weighted by atomic mass is 28.5. The summed E-state index contributed by atoms with van der Waals surface area (Å²) < 4.78 is 27.9. The van der Waals surface area contributed by atoms with Crippen LogP contribution in [0.3, 0.4) is 0 Å². The van der Waals surface area contributed by atoms with Crippen LogP contribution in [0.1, 0.15) is 0 Å². The average Bonchev–Trinajstić information content (AvgIpc) is 2.04. The van der Waals surface area contributed by atoms with E-state index in [2.05, 4.69) is 90.7 Å². The Kier molecular flexibility index (Phi) is 7.93. The van der Waals surface area contributed by atoms with Crippen LogP contribution in [0.5, 0.6) is 0 Å². The first-order valence-electron chi connectivity index (χ1n) is 8.25.